The van der Waals surface area contributed by atoms with Gasteiger partial charge in [0.25, 0.3) is 0 Å². The van der Waals surface area contributed by atoms with Crippen LogP contribution < -0.4 is 0 Å². The van der Waals surface area contributed by atoms with Crippen molar-refractivity contribution in [1.29, 1.82) is 10.5 Å². The van der Waals surface area contributed by atoms with E-state index in [1.165, 1.54) is 33.0 Å². The van der Waals surface area contributed by atoms with Crippen LogP contribution in [0, 0.1) is 36.5 Å². The molecular weight excluding hydrogens is 633 g/mol. The van der Waals surface area contributed by atoms with Gasteiger partial charge in [-0.15, -0.1) is 0 Å². The third-order valence-corrected chi connectivity index (χ3v) is 10.8. The Morgan fingerprint density at radius 3 is 1.65 bits per heavy atom. The molecule has 0 fully saturated rings. The molecule has 8 aromatic rings. The van der Waals surface area contributed by atoms with Crippen LogP contribution >= 0.6 is 0 Å². The number of rotatable bonds is 3. The van der Waals surface area contributed by atoms with E-state index < -0.39 is 0 Å². The Morgan fingerprint density at radius 2 is 1.08 bits per heavy atom. The number of fused-ring (bicyclic) bond motifs is 6. The molecule has 0 saturated carbocycles. The molecular formula is C48H42N4. The number of aromatic nitrogens is 2. The zero-order chi connectivity index (χ0) is 36.7. The lowest BCUT2D eigenvalue weighted by Gasteiger charge is -2.21. The van der Waals surface area contributed by atoms with Crippen LogP contribution in [-0.4, -0.2) is 9.13 Å². The molecule has 0 amide bonds. The zero-order valence-electron chi connectivity index (χ0n) is 31.2. The fraction of sp³-hybridized carbons (Fsp3) is 0.208. The Bertz CT molecular complexity index is 2760. The number of hydrogen-bond acceptors (Lipinski definition) is 2. The minimum absolute atomic E-state index is 0.0170. The predicted molar refractivity (Wildman–Crippen MR) is 217 cm³/mol. The maximum absolute atomic E-state index is 10.3. The van der Waals surface area contributed by atoms with Gasteiger partial charge in [0.15, 0.2) is 0 Å². The third-order valence-electron chi connectivity index (χ3n) is 10.8. The summed E-state index contributed by atoms with van der Waals surface area (Å²) in [5, 5.41) is 24.9. The van der Waals surface area contributed by atoms with Gasteiger partial charge in [-0.1, -0.05) is 102 Å². The highest BCUT2D eigenvalue weighted by Gasteiger charge is 2.26. The summed E-state index contributed by atoms with van der Waals surface area (Å²) in [5.74, 6) is 0. The van der Waals surface area contributed by atoms with E-state index in [1.807, 2.05) is 12.1 Å². The molecule has 2 heterocycles. The first-order valence-electron chi connectivity index (χ1n) is 18.0. The van der Waals surface area contributed by atoms with Crippen molar-refractivity contribution in [3.63, 3.8) is 0 Å². The van der Waals surface area contributed by atoms with Crippen LogP contribution in [0.4, 0.5) is 0 Å². The van der Waals surface area contributed by atoms with E-state index in [0.717, 1.165) is 55.3 Å². The lowest BCUT2D eigenvalue weighted by molar-refractivity contribution is 0.590. The first kappa shape index (κ1) is 33.1. The summed E-state index contributed by atoms with van der Waals surface area (Å²) in [7, 11) is 0. The topological polar surface area (TPSA) is 57.4 Å². The number of benzene rings is 6. The number of nitrogens with zero attached hydrogens (tertiary/aromatic N) is 4. The van der Waals surface area contributed by atoms with Crippen LogP contribution in [0.2, 0.25) is 0 Å². The van der Waals surface area contributed by atoms with E-state index >= 15 is 0 Å². The minimum Gasteiger partial charge on any atom is -0.309 e. The summed E-state index contributed by atoms with van der Waals surface area (Å²) in [6.07, 6.45) is 0. The molecule has 2 aromatic heterocycles. The second-order valence-electron chi connectivity index (χ2n) is 16.2. The minimum atomic E-state index is -0.0170. The number of aryl methyl sites for hydroxylation is 2. The van der Waals surface area contributed by atoms with Crippen molar-refractivity contribution in [3.8, 4) is 34.6 Å². The van der Waals surface area contributed by atoms with Crippen LogP contribution in [0.15, 0.2) is 109 Å². The predicted octanol–water partition coefficient (Wildman–Crippen LogP) is 12.5. The Labute approximate surface area is 305 Å². The molecule has 0 radical (unpaired) electrons. The quantitative estimate of drug-likeness (QED) is 0.187. The standard InChI is InChI=1S/C48H42N4/c1-29-12-11-13-30(2)45(29)52-40-15-10-9-14-36(40)37-20-23-43(44(46(37)52)31-16-17-32(27-49)33(24-31)28-50)51-41-21-18-34(47(3,4)5)25-38(41)39-26-35(48(6,7)8)19-22-42(39)51/h9-26H,1-8H3. The molecule has 0 N–H and O–H groups in total. The second kappa shape index (κ2) is 11.7. The fourth-order valence-electron chi connectivity index (χ4n) is 8.01. The Morgan fingerprint density at radius 1 is 0.500 bits per heavy atom. The molecule has 6 aromatic carbocycles. The highest BCUT2D eigenvalue weighted by atomic mass is 15.0. The van der Waals surface area contributed by atoms with Crippen molar-refractivity contribution in [2.75, 3.05) is 0 Å². The van der Waals surface area contributed by atoms with E-state index in [2.05, 4.69) is 168 Å². The van der Waals surface area contributed by atoms with Crippen molar-refractivity contribution >= 4 is 43.6 Å². The molecule has 0 saturated heterocycles. The number of para-hydroxylation sites is 2. The van der Waals surface area contributed by atoms with Crippen molar-refractivity contribution in [3.05, 3.63) is 143 Å². The van der Waals surface area contributed by atoms with Crippen LogP contribution in [0.5, 0.6) is 0 Å². The molecule has 0 unspecified atom stereocenters. The van der Waals surface area contributed by atoms with E-state index in [0.29, 0.717) is 11.1 Å². The Kier molecular flexibility index (Phi) is 7.46. The molecule has 254 valence electrons. The van der Waals surface area contributed by atoms with Crippen molar-refractivity contribution in [1.82, 2.24) is 9.13 Å². The van der Waals surface area contributed by atoms with Gasteiger partial charge in [-0.3, -0.25) is 0 Å². The third kappa shape index (κ3) is 5.02. The Hall–Kier alpha value is -6.10. The van der Waals surface area contributed by atoms with Crippen molar-refractivity contribution < 1.29 is 0 Å². The van der Waals surface area contributed by atoms with E-state index in [1.54, 1.807) is 6.07 Å². The summed E-state index contributed by atoms with van der Waals surface area (Å²) in [4.78, 5) is 0. The lowest BCUT2D eigenvalue weighted by Crippen LogP contribution is -2.10. The van der Waals surface area contributed by atoms with Crippen LogP contribution in [0.1, 0.15) is 74.9 Å². The molecule has 0 aliphatic heterocycles. The van der Waals surface area contributed by atoms with Gasteiger partial charge in [-0.05, 0) is 101 Å². The van der Waals surface area contributed by atoms with Gasteiger partial charge in [0.05, 0.1) is 44.6 Å². The largest absolute Gasteiger partial charge is 0.309 e. The normalized spacial score (nSPS) is 12.2. The van der Waals surface area contributed by atoms with Crippen molar-refractivity contribution in [2.45, 2.75) is 66.2 Å². The molecule has 52 heavy (non-hydrogen) atoms. The monoisotopic (exact) mass is 674 g/mol. The van der Waals surface area contributed by atoms with Gasteiger partial charge < -0.3 is 9.13 Å². The highest BCUT2D eigenvalue weighted by Crippen LogP contribution is 2.45. The molecule has 0 aliphatic rings. The first-order valence-corrected chi connectivity index (χ1v) is 18.0. The smallest absolute Gasteiger partial charge is 0.101 e. The summed E-state index contributed by atoms with van der Waals surface area (Å²) in [6.45, 7) is 18.0. The number of hydrogen-bond donors (Lipinski definition) is 0. The van der Waals surface area contributed by atoms with E-state index in [9.17, 15) is 10.5 Å². The van der Waals surface area contributed by atoms with Gasteiger partial charge in [-0.2, -0.15) is 10.5 Å². The van der Waals surface area contributed by atoms with Crippen molar-refractivity contribution in [2.24, 2.45) is 0 Å². The van der Waals surface area contributed by atoms with E-state index in [4.69, 9.17) is 0 Å². The molecule has 4 heteroatoms. The van der Waals surface area contributed by atoms with Crippen LogP contribution in [0.25, 0.3) is 66.1 Å². The van der Waals surface area contributed by atoms with Gasteiger partial charge in [0.1, 0.15) is 12.1 Å². The Balaban J connectivity index is 1.62. The molecule has 4 nitrogen and oxygen atoms in total. The SMILES string of the molecule is Cc1cccc(C)c1-n1c2ccccc2c2ccc(-n3c4ccc(C(C)(C)C)cc4c4cc(C(C)(C)C)ccc43)c(-c3ccc(C#N)c(C#N)c3)c21. The molecule has 0 aliphatic carbocycles. The molecule has 8 rings (SSSR count). The average molecular weight is 675 g/mol. The second-order valence-corrected chi connectivity index (χ2v) is 16.2. The van der Waals surface area contributed by atoms with Gasteiger partial charge in [0, 0.05) is 27.1 Å². The van der Waals surface area contributed by atoms with Crippen LogP contribution in [-0.2, 0) is 10.8 Å². The zero-order valence-corrected chi connectivity index (χ0v) is 31.2. The molecule has 0 bridgehead atoms. The summed E-state index contributed by atoms with van der Waals surface area (Å²) >= 11 is 0. The number of nitriles is 2. The first-order chi connectivity index (χ1) is 24.8. The van der Waals surface area contributed by atoms with Crippen LogP contribution in [0.3, 0.4) is 0 Å². The van der Waals surface area contributed by atoms with Gasteiger partial charge in [-0.25, -0.2) is 0 Å². The average Bonchev–Trinajstić information content (AvgIpc) is 3.62. The fourth-order valence-corrected chi connectivity index (χ4v) is 8.01. The van der Waals surface area contributed by atoms with Gasteiger partial charge in [0.2, 0.25) is 0 Å². The summed E-state index contributed by atoms with van der Waals surface area (Å²) in [5.41, 5.74) is 14.1. The highest BCUT2D eigenvalue weighted by molar-refractivity contribution is 6.17. The maximum atomic E-state index is 10.3. The molecule has 0 atom stereocenters. The summed E-state index contributed by atoms with van der Waals surface area (Å²) < 4.78 is 4.83. The lowest BCUT2D eigenvalue weighted by atomic mass is 9.85. The molecule has 0 spiro atoms. The van der Waals surface area contributed by atoms with E-state index in [-0.39, 0.29) is 10.8 Å². The maximum Gasteiger partial charge on any atom is 0.101 e. The summed E-state index contributed by atoms with van der Waals surface area (Å²) in [6, 6.07) is 43.7. The van der Waals surface area contributed by atoms with Gasteiger partial charge >= 0.3 is 0 Å².